The number of nitrogens with zero attached hydrogens (tertiary/aromatic N) is 4. The molecule has 2 rings (SSSR count). The van der Waals surface area contributed by atoms with Crippen molar-refractivity contribution in [2.24, 2.45) is 7.05 Å². The summed E-state index contributed by atoms with van der Waals surface area (Å²) in [5.74, 6) is 0. The summed E-state index contributed by atoms with van der Waals surface area (Å²) in [6.45, 7) is 0.0574. The van der Waals surface area contributed by atoms with Crippen molar-refractivity contribution in [3.05, 3.63) is 28.9 Å². The molecule has 2 aromatic rings. The van der Waals surface area contributed by atoms with Gasteiger partial charge < -0.3 is 0 Å². The summed E-state index contributed by atoms with van der Waals surface area (Å²) in [6, 6.07) is 3.71. The van der Waals surface area contributed by atoms with Gasteiger partial charge in [-0.3, -0.25) is 14.1 Å². The molecule has 0 saturated carbocycles. The molecule has 0 bridgehead atoms. The summed E-state index contributed by atoms with van der Waals surface area (Å²) in [6.07, 6.45) is 3.21. The van der Waals surface area contributed by atoms with E-state index in [1.807, 2.05) is 6.07 Å². The number of imidazole rings is 1. The first kappa shape index (κ1) is 8.51. The monoisotopic (exact) mass is 188 g/mol. The molecule has 0 saturated heterocycles. The molecule has 14 heavy (non-hydrogen) atoms. The molecule has 2 aromatic heterocycles. The van der Waals surface area contributed by atoms with Crippen LogP contribution in [0.4, 0.5) is 0 Å². The highest BCUT2D eigenvalue weighted by Crippen LogP contribution is 2.08. The Morgan fingerprint density at radius 1 is 1.57 bits per heavy atom. The second-order valence-corrected chi connectivity index (χ2v) is 2.95. The molecular weight excluding hydrogens is 180 g/mol. The van der Waals surface area contributed by atoms with Gasteiger partial charge in [0.05, 0.1) is 23.3 Å². The summed E-state index contributed by atoms with van der Waals surface area (Å²) in [5, 5.41) is 8.57. The van der Waals surface area contributed by atoms with Gasteiger partial charge in [-0.1, -0.05) is 0 Å². The largest absolute Gasteiger partial charge is 0.329 e. The number of fused-ring (bicyclic) bond motifs is 1. The second kappa shape index (κ2) is 3.00. The van der Waals surface area contributed by atoms with Crippen LogP contribution in [0.15, 0.2) is 23.3 Å². The predicted molar refractivity (Wildman–Crippen MR) is 50.6 cm³/mol. The maximum atomic E-state index is 11.6. The van der Waals surface area contributed by atoms with Crippen LogP contribution in [-0.4, -0.2) is 14.1 Å². The summed E-state index contributed by atoms with van der Waals surface area (Å²) >= 11 is 0. The molecule has 0 aliphatic carbocycles. The van der Waals surface area contributed by atoms with Gasteiger partial charge in [0.15, 0.2) is 0 Å². The SMILES string of the molecule is Cn1c(=O)n(CC#N)c2cnccc21. The van der Waals surface area contributed by atoms with Crippen molar-refractivity contribution >= 4 is 11.0 Å². The average Bonchev–Trinajstić information content (AvgIpc) is 2.45. The topological polar surface area (TPSA) is 63.6 Å². The first-order valence-corrected chi connectivity index (χ1v) is 4.12. The van der Waals surface area contributed by atoms with Crippen molar-refractivity contribution in [1.82, 2.24) is 14.1 Å². The van der Waals surface area contributed by atoms with Gasteiger partial charge in [0, 0.05) is 13.2 Å². The maximum Gasteiger partial charge on any atom is 0.329 e. The Bertz CT molecular complexity index is 572. The molecule has 0 amide bonds. The van der Waals surface area contributed by atoms with Crippen LogP contribution >= 0.6 is 0 Å². The quantitative estimate of drug-likeness (QED) is 0.644. The summed E-state index contributed by atoms with van der Waals surface area (Å²) in [5.41, 5.74) is 1.30. The summed E-state index contributed by atoms with van der Waals surface area (Å²) in [4.78, 5) is 15.6. The standard InChI is InChI=1S/C9H8N4O/c1-12-7-2-4-11-6-8(7)13(5-3-10)9(12)14/h2,4,6H,5H2,1H3. The van der Waals surface area contributed by atoms with Crippen molar-refractivity contribution in [2.45, 2.75) is 6.54 Å². The lowest BCUT2D eigenvalue weighted by Gasteiger charge is -1.93. The van der Waals surface area contributed by atoms with E-state index in [2.05, 4.69) is 4.98 Å². The highest BCUT2D eigenvalue weighted by molar-refractivity contribution is 5.74. The van der Waals surface area contributed by atoms with E-state index in [0.717, 1.165) is 5.52 Å². The van der Waals surface area contributed by atoms with E-state index < -0.39 is 0 Å². The molecule has 0 aliphatic heterocycles. The first-order valence-electron chi connectivity index (χ1n) is 4.12. The molecule has 70 valence electrons. The molecule has 0 aromatic carbocycles. The van der Waals surface area contributed by atoms with Crippen LogP contribution in [0.5, 0.6) is 0 Å². The fourth-order valence-electron chi connectivity index (χ4n) is 1.48. The number of aromatic nitrogens is 3. The maximum absolute atomic E-state index is 11.6. The van der Waals surface area contributed by atoms with Gasteiger partial charge in [-0.25, -0.2) is 4.79 Å². The molecule has 0 radical (unpaired) electrons. The lowest BCUT2D eigenvalue weighted by molar-refractivity contribution is 0.755. The van der Waals surface area contributed by atoms with E-state index in [1.165, 1.54) is 9.13 Å². The zero-order valence-electron chi connectivity index (χ0n) is 7.64. The summed E-state index contributed by atoms with van der Waals surface area (Å²) in [7, 11) is 1.68. The van der Waals surface area contributed by atoms with E-state index >= 15 is 0 Å². The third kappa shape index (κ3) is 1.01. The normalized spacial score (nSPS) is 10.3. The number of hydrogen-bond donors (Lipinski definition) is 0. The Morgan fingerprint density at radius 3 is 3.07 bits per heavy atom. The van der Waals surface area contributed by atoms with Gasteiger partial charge in [-0.15, -0.1) is 0 Å². The zero-order chi connectivity index (χ0) is 10.1. The van der Waals surface area contributed by atoms with Crippen LogP contribution in [-0.2, 0) is 13.6 Å². The highest BCUT2D eigenvalue weighted by Gasteiger charge is 2.08. The molecule has 0 atom stereocenters. The van der Waals surface area contributed by atoms with Crippen molar-refractivity contribution in [1.29, 1.82) is 5.26 Å². The molecule has 5 heteroatoms. The van der Waals surface area contributed by atoms with Gasteiger partial charge in [-0.2, -0.15) is 5.26 Å². The third-order valence-electron chi connectivity index (χ3n) is 2.18. The summed E-state index contributed by atoms with van der Waals surface area (Å²) < 4.78 is 2.91. The van der Waals surface area contributed by atoms with Crippen molar-refractivity contribution < 1.29 is 0 Å². The van der Waals surface area contributed by atoms with E-state index in [4.69, 9.17) is 5.26 Å². The van der Waals surface area contributed by atoms with Crippen molar-refractivity contribution in [2.75, 3.05) is 0 Å². The number of pyridine rings is 1. The molecule has 0 unspecified atom stereocenters. The zero-order valence-corrected chi connectivity index (χ0v) is 7.64. The first-order chi connectivity index (χ1) is 6.75. The predicted octanol–water partition coefficient (Wildman–Crippen LogP) is 0.259. The minimum atomic E-state index is -0.186. The Balaban J connectivity index is 2.89. The van der Waals surface area contributed by atoms with Gasteiger partial charge in [0.1, 0.15) is 6.54 Å². The van der Waals surface area contributed by atoms with E-state index in [9.17, 15) is 4.79 Å². The van der Waals surface area contributed by atoms with Crippen LogP contribution in [0.1, 0.15) is 0 Å². The van der Waals surface area contributed by atoms with Crippen LogP contribution < -0.4 is 5.69 Å². The smallest absolute Gasteiger partial charge is 0.295 e. The lowest BCUT2D eigenvalue weighted by Crippen LogP contribution is -2.21. The van der Waals surface area contributed by atoms with Gasteiger partial charge in [-0.05, 0) is 6.07 Å². The molecule has 0 aliphatic rings. The Hall–Kier alpha value is -2.09. The third-order valence-corrected chi connectivity index (χ3v) is 2.18. The van der Waals surface area contributed by atoms with Crippen LogP contribution in [0.3, 0.4) is 0 Å². The Labute approximate surface area is 79.8 Å². The van der Waals surface area contributed by atoms with E-state index in [-0.39, 0.29) is 12.2 Å². The van der Waals surface area contributed by atoms with Crippen LogP contribution in [0, 0.1) is 11.3 Å². The molecule has 0 N–H and O–H groups in total. The van der Waals surface area contributed by atoms with Gasteiger partial charge >= 0.3 is 5.69 Å². The fourth-order valence-corrected chi connectivity index (χ4v) is 1.48. The van der Waals surface area contributed by atoms with Gasteiger partial charge in [0.25, 0.3) is 0 Å². The highest BCUT2D eigenvalue weighted by atomic mass is 16.1. The number of hydrogen-bond acceptors (Lipinski definition) is 3. The minimum absolute atomic E-state index is 0.0574. The molecular formula is C9H8N4O. The minimum Gasteiger partial charge on any atom is -0.295 e. The molecule has 2 heterocycles. The van der Waals surface area contributed by atoms with Crippen LogP contribution in [0.2, 0.25) is 0 Å². The molecule has 0 fully saturated rings. The average molecular weight is 188 g/mol. The van der Waals surface area contributed by atoms with Crippen LogP contribution in [0.25, 0.3) is 11.0 Å². The fraction of sp³-hybridized carbons (Fsp3) is 0.222. The molecule has 5 nitrogen and oxygen atoms in total. The van der Waals surface area contributed by atoms with E-state index in [1.54, 1.807) is 25.5 Å². The number of aryl methyl sites for hydroxylation is 1. The second-order valence-electron chi connectivity index (χ2n) is 2.95. The lowest BCUT2D eigenvalue weighted by atomic mass is 10.4. The Morgan fingerprint density at radius 2 is 2.36 bits per heavy atom. The van der Waals surface area contributed by atoms with Crippen molar-refractivity contribution in [3.8, 4) is 6.07 Å². The molecule has 0 spiro atoms. The number of nitriles is 1. The van der Waals surface area contributed by atoms with Crippen molar-refractivity contribution in [3.63, 3.8) is 0 Å². The van der Waals surface area contributed by atoms with E-state index in [0.29, 0.717) is 5.52 Å². The number of rotatable bonds is 1. The Kier molecular flexibility index (Phi) is 1.82. The van der Waals surface area contributed by atoms with Gasteiger partial charge in [0.2, 0.25) is 0 Å².